The normalized spacial score (nSPS) is 17.7. The van der Waals surface area contributed by atoms with Crippen molar-refractivity contribution in [3.8, 4) is 5.75 Å². The van der Waals surface area contributed by atoms with Crippen LogP contribution in [-0.4, -0.2) is 30.4 Å². The summed E-state index contributed by atoms with van der Waals surface area (Å²) in [5.41, 5.74) is 5.75. The van der Waals surface area contributed by atoms with Crippen LogP contribution in [0.15, 0.2) is 23.4 Å². The Bertz CT molecular complexity index is 445. The molecular formula is C12H15FN2O3. The summed E-state index contributed by atoms with van der Waals surface area (Å²) in [6.07, 6.45) is 1.55. The molecular weight excluding hydrogens is 239 g/mol. The fraction of sp³-hybridized carbons (Fsp3) is 0.417. The number of oxime groups is 1. The summed E-state index contributed by atoms with van der Waals surface area (Å²) in [7, 11) is 0. The van der Waals surface area contributed by atoms with Crippen LogP contribution in [0, 0.1) is 5.82 Å². The van der Waals surface area contributed by atoms with Gasteiger partial charge in [0.1, 0.15) is 17.7 Å². The largest absolute Gasteiger partial charge is 0.489 e. The SMILES string of the molecule is N/C(=N/O)c1cc(F)ccc1OC1CCOCC1. The summed E-state index contributed by atoms with van der Waals surface area (Å²) in [5, 5.41) is 11.6. The number of amidine groups is 1. The van der Waals surface area contributed by atoms with Crippen molar-refractivity contribution in [1.29, 1.82) is 0 Å². The number of ether oxygens (including phenoxy) is 2. The lowest BCUT2D eigenvalue weighted by Crippen LogP contribution is -2.27. The van der Waals surface area contributed by atoms with Crippen molar-refractivity contribution in [3.05, 3.63) is 29.6 Å². The highest BCUT2D eigenvalue weighted by Crippen LogP contribution is 2.23. The molecule has 1 aliphatic rings. The molecule has 2 rings (SSSR count). The molecule has 6 heteroatoms. The van der Waals surface area contributed by atoms with Gasteiger partial charge in [0.15, 0.2) is 5.84 Å². The number of nitrogens with zero attached hydrogens (tertiary/aromatic N) is 1. The number of hydrogen-bond acceptors (Lipinski definition) is 4. The van der Waals surface area contributed by atoms with E-state index >= 15 is 0 Å². The molecule has 1 aliphatic heterocycles. The first-order chi connectivity index (χ1) is 8.70. The van der Waals surface area contributed by atoms with Gasteiger partial charge in [-0.2, -0.15) is 0 Å². The molecule has 18 heavy (non-hydrogen) atoms. The molecule has 0 bridgehead atoms. The molecule has 0 radical (unpaired) electrons. The Labute approximate surface area is 104 Å². The highest BCUT2D eigenvalue weighted by molar-refractivity contribution is 5.99. The summed E-state index contributed by atoms with van der Waals surface area (Å²) in [5.74, 6) is -0.217. The summed E-state index contributed by atoms with van der Waals surface area (Å²) in [4.78, 5) is 0. The Hall–Kier alpha value is -1.82. The minimum Gasteiger partial charge on any atom is -0.489 e. The predicted molar refractivity (Wildman–Crippen MR) is 63.4 cm³/mol. The molecule has 1 aromatic rings. The average Bonchev–Trinajstić information content (AvgIpc) is 2.41. The molecule has 0 unspecified atom stereocenters. The molecule has 1 fully saturated rings. The van der Waals surface area contributed by atoms with Crippen LogP contribution in [0.1, 0.15) is 18.4 Å². The third-order valence-electron chi connectivity index (χ3n) is 2.79. The molecule has 5 nitrogen and oxygen atoms in total. The molecule has 0 amide bonds. The van der Waals surface area contributed by atoms with Crippen molar-refractivity contribution in [2.75, 3.05) is 13.2 Å². The molecule has 1 saturated heterocycles. The molecule has 1 heterocycles. The first kappa shape index (κ1) is 12.6. The Morgan fingerprint density at radius 1 is 1.44 bits per heavy atom. The van der Waals surface area contributed by atoms with Gasteiger partial charge in [0, 0.05) is 12.8 Å². The zero-order valence-corrected chi connectivity index (χ0v) is 9.80. The van der Waals surface area contributed by atoms with Gasteiger partial charge in [-0.3, -0.25) is 0 Å². The van der Waals surface area contributed by atoms with Crippen LogP contribution in [0.5, 0.6) is 5.75 Å². The van der Waals surface area contributed by atoms with Crippen molar-refractivity contribution in [2.24, 2.45) is 10.9 Å². The van der Waals surface area contributed by atoms with E-state index in [0.717, 1.165) is 12.8 Å². The van der Waals surface area contributed by atoms with E-state index in [1.165, 1.54) is 18.2 Å². The summed E-state index contributed by atoms with van der Waals surface area (Å²) >= 11 is 0. The number of rotatable bonds is 3. The molecule has 0 atom stereocenters. The average molecular weight is 254 g/mol. The van der Waals surface area contributed by atoms with E-state index in [2.05, 4.69) is 5.16 Å². The molecule has 0 aromatic heterocycles. The van der Waals surface area contributed by atoms with Crippen LogP contribution in [-0.2, 0) is 4.74 Å². The second-order valence-electron chi connectivity index (χ2n) is 4.06. The van der Waals surface area contributed by atoms with E-state index in [0.29, 0.717) is 19.0 Å². The van der Waals surface area contributed by atoms with Crippen molar-refractivity contribution in [1.82, 2.24) is 0 Å². The van der Waals surface area contributed by atoms with Crippen LogP contribution in [0.2, 0.25) is 0 Å². The number of hydrogen-bond donors (Lipinski definition) is 2. The van der Waals surface area contributed by atoms with Gasteiger partial charge in [-0.05, 0) is 18.2 Å². The minimum absolute atomic E-state index is 0.00875. The maximum atomic E-state index is 13.2. The van der Waals surface area contributed by atoms with Crippen LogP contribution < -0.4 is 10.5 Å². The lowest BCUT2D eigenvalue weighted by Gasteiger charge is -2.24. The predicted octanol–water partition coefficient (Wildman–Crippen LogP) is 1.48. The molecule has 1 aromatic carbocycles. The van der Waals surface area contributed by atoms with Gasteiger partial charge in [0.25, 0.3) is 0 Å². The second-order valence-corrected chi connectivity index (χ2v) is 4.06. The van der Waals surface area contributed by atoms with Crippen LogP contribution >= 0.6 is 0 Å². The lowest BCUT2D eigenvalue weighted by molar-refractivity contribution is 0.0254. The maximum absolute atomic E-state index is 13.2. The number of benzene rings is 1. The van der Waals surface area contributed by atoms with Gasteiger partial charge in [-0.1, -0.05) is 5.16 Å². The topological polar surface area (TPSA) is 77.1 Å². The summed E-state index contributed by atoms with van der Waals surface area (Å²) in [6, 6.07) is 3.95. The van der Waals surface area contributed by atoms with Gasteiger partial charge in [-0.25, -0.2) is 4.39 Å². The van der Waals surface area contributed by atoms with E-state index in [4.69, 9.17) is 20.4 Å². The number of nitrogens with two attached hydrogens (primary N) is 1. The fourth-order valence-electron chi connectivity index (χ4n) is 1.83. The van der Waals surface area contributed by atoms with Crippen LogP contribution in [0.4, 0.5) is 4.39 Å². The number of halogens is 1. The first-order valence-electron chi connectivity index (χ1n) is 5.72. The van der Waals surface area contributed by atoms with E-state index < -0.39 is 5.82 Å². The van der Waals surface area contributed by atoms with Gasteiger partial charge < -0.3 is 20.4 Å². The molecule has 3 N–H and O–H groups in total. The highest BCUT2D eigenvalue weighted by Gasteiger charge is 2.18. The lowest BCUT2D eigenvalue weighted by atomic mass is 10.1. The third kappa shape index (κ3) is 2.89. The first-order valence-corrected chi connectivity index (χ1v) is 5.72. The van der Waals surface area contributed by atoms with E-state index in [1.807, 2.05) is 0 Å². The summed E-state index contributed by atoms with van der Waals surface area (Å²) in [6.45, 7) is 1.29. The molecule has 98 valence electrons. The van der Waals surface area contributed by atoms with Crippen LogP contribution in [0.3, 0.4) is 0 Å². The Kier molecular flexibility index (Phi) is 3.99. The zero-order valence-electron chi connectivity index (χ0n) is 9.80. The van der Waals surface area contributed by atoms with Crippen molar-refractivity contribution >= 4 is 5.84 Å². The Morgan fingerprint density at radius 2 is 2.17 bits per heavy atom. The fourth-order valence-corrected chi connectivity index (χ4v) is 1.83. The minimum atomic E-state index is -0.462. The maximum Gasteiger partial charge on any atom is 0.173 e. The van der Waals surface area contributed by atoms with Gasteiger partial charge >= 0.3 is 0 Å². The Balaban J connectivity index is 2.20. The molecule has 0 aliphatic carbocycles. The van der Waals surface area contributed by atoms with Gasteiger partial charge in [-0.15, -0.1) is 0 Å². The van der Waals surface area contributed by atoms with Gasteiger partial charge in [0.05, 0.1) is 18.8 Å². The van der Waals surface area contributed by atoms with Gasteiger partial charge in [0.2, 0.25) is 0 Å². The molecule has 0 spiro atoms. The monoisotopic (exact) mass is 254 g/mol. The molecule has 0 saturated carbocycles. The Morgan fingerprint density at radius 3 is 2.83 bits per heavy atom. The van der Waals surface area contributed by atoms with Crippen molar-refractivity contribution < 1.29 is 19.1 Å². The van der Waals surface area contributed by atoms with E-state index in [-0.39, 0.29) is 17.5 Å². The second kappa shape index (κ2) is 5.68. The van der Waals surface area contributed by atoms with Crippen LogP contribution in [0.25, 0.3) is 0 Å². The standard InChI is InChI=1S/C12H15FN2O3/c13-8-1-2-11(10(7-8)12(14)15-16)18-9-3-5-17-6-4-9/h1-2,7,9,16H,3-6H2,(H2,14,15). The third-order valence-corrected chi connectivity index (χ3v) is 2.79. The van der Waals surface area contributed by atoms with Crippen molar-refractivity contribution in [3.63, 3.8) is 0 Å². The van der Waals surface area contributed by atoms with E-state index in [1.54, 1.807) is 0 Å². The quantitative estimate of drug-likeness (QED) is 0.371. The van der Waals surface area contributed by atoms with Crippen molar-refractivity contribution in [2.45, 2.75) is 18.9 Å². The smallest absolute Gasteiger partial charge is 0.173 e. The van der Waals surface area contributed by atoms with E-state index in [9.17, 15) is 4.39 Å². The highest BCUT2D eigenvalue weighted by atomic mass is 19.1. The zero-order chi connectivity index (χ0) is 13.0. The summed E-state index contributed by atoms with van der Waals surface area (Å²) < 4.78 is 24.1.